The third-order valence-electron chi connectivity index (χ3n) is 3.25. The van der Waals surface area contributed by atoms with Crippen LogP contribution in [0.2, 0.25) is 0 Å². The summed E-state index contributed by atoms with van der Waals surface area (Å²) in [6.07, 6.45) is 0. The number of imidazole rings is 1. The minimum absolute atomic E-state index is 0.155. The molecule has 1 aromatic heterocycles. The minimum atomic E-state index is -0.155. The van der Waals surface area contributed by atoms with Crippen molar-refractivity contribution in [2.45, 2.75) is 18.6 Å². The third-order valence-corrected chi connectivity index (χ3v) is 4.13. The molecule has 1 N–H and O–H groups in total. The average molecular weight is 287 g/mol. The number of hydrogen-bond donors (Lipinski definition) is 1. The van der Waals surface area contributed by atoms with Gasteiger partial charge >= 0.3 is 5.16 Å². The molecule has 4 heteroatoms. The smallest absolute Gasteiger partial charge is 0.231 e. The topological polar surface area (TPSA) is 19.7 Å². The van der Waals surface area contributed by atoms with E-state index in [2.05, 4.69) is 22.5 Å². The average Bonchev–Trinajstić information content (AvgIpc) is 2.80. The molecule has 0 unspecified atom stereocenters. The number of aromatic nitrogens is 2. The van der Waals surface area contributed by atoms with Gasteiger partial charge in [0.2, 0.25) is 0 Å². The number of H-pyrrole nitrogens is 1. The van der Waals surface area contributed by atoms with Crippen LogP contribution >= 0.6 is 11.8 Å². The maximum atomic E-state index is 13.9. The monoisotopic (exact) mass is 287 g/mol. The van der Waals surface area contributed by atoms with Crippen molar-refractivity contribution in [2.24, 2.45) is 0 Å². The lowest BCUT2D eigenvalue weighted by molar-refractivity contribution is -0.700. The van der Waals surface area contributed by atoms with E-state index in [1.165, 1.54) is 6.07 Å². The van der Waals surface area contributed by atoms with Crippen molar-refractivity contribution >= 4 is 22.8 Å². The highest BCUT2D eigenvalue weighted by Gasteiger charge is 2.19. The van der Waals surface area contributed by atoms with Crippen LogP contribution in [0.15, 0.2) is 53.7 Å². The summed E-state index contributed by atoms with van der Waals surface area (Å²) in [5, 5.41) is 1.07. The number of rotatable bonds is 4. The Hall–Kier alpha value is -1.81. The lowest BCUT2D eigenvalue weighted by Gasteiger charge is -2.03. The minimum Gasteiger partial charge on any atom is -0.231 e. The van der Waals surface area contributed by atoms with Crippen molar-refractivity contribution in [3.63, 3.8) is 0 Å². The van der Waals surface area contributed by atoms with E-state index in [9.17, 15) is 4.39 Å². The van der Waals surface area contributed by atoms with Crippen LogP contribution in [0.5, 0.6) is 0 Å². The molecule has 0 radical (unpaired) electrons. The quantitative estimate of drug-likeness (QED) is 0.572. The first-order valence-corrected chi connectivity index (χ1v) is 7.65. The van der Waals surface area contributed by atoms with Gasteiger partial charge in [-0.3, -0.25) is 0 Å². The van der Waals surface area contributed by atoms with Crippen molar-refractivity contribution in [3.05, 3.63) is 59.9 Å². The number of nitrogens with one attached hydrogen (secondary N) is 1. The van der Waals surface area contributed by atoms with Gasteiger partial charge in [-0.2, -0.15) is 0 Å². The lowest BCUT2D eigenvalue weighted by atomic mass is 10.2. The first-order valence-electron chi connectivity index (χ1n) is 6.66. The van der Waals surface area contributed by atoms with E-state index < -0.39 is 0 Å². The van der Waals surface area contributed by atoms with Crippen LogP contribution in [-0.4, -0.2) is 10.7 Å². The summed E-state index contributed by atoms with van der Waals surface area (Å²) in [6.45, 7) is 2.66. The van der Waals surface area contributed by atoms with Crippen LogP contribution in [0.4, 0.5) is 4.39 Å². The van der Waals surface area contributed by atoms with Gasteiger partial charge in [-0.05, 0) is 30.0 Å². The Kier molecular flexibility index (Phi) is 3.74. The Labute approximate surface area is 121 Å². The van der Waals surface area contributed by atoms with Crippen LogP contribution in [0.3, 0.4) is 0 Å². The molecule has 0 aliphatic rings. The second kappa shape index (κ2) is 5.67. The Morgan fingerprint density at radius 1 is 1.10 bits per heavy atom. The van der Waals surface area contributed by atoms with Gasteiger partial charge in [-0.15, -0.1) is 0 Å². The molecule has 2 nitrogen and oxygen atoms in total. The van der Waals surface area contributed by atoms with Crippen molar-refractivity contribution in [1.82, 2.24) is 4.98 Å². The predicted octanol–water partition coefficient (Wildman–Crippen LogP) is 3.75. The molecule has 0 spiro atoms. The number of hydrogen-bond acceptors (Lipinski definition) is 1. The zero-order valence-corrected chi connectivity index (χ0v) is 12.1. The summed E-state index contributed by atoms with van der Waals surface area (Å²) in [4.78, 5) is 3.41. The van der Waals surface area contributed by atoms with Crippen LogP contribution in [0.25, 0.3) is 11.0 Å². The molecule has 0 aliphatic carbocycles. The number of para-hydroxylation sites is 2. The largest absolute Gasteiger partial charge is 0.317 e. The molecule has 2 aromatic carbocycles. The van der Waals surface area contributed by atoms with Gasteiger partial charge in [0.1, 0.15) is 12.4 Å². The standard InChI is InChI=1S/C16H15FN2S/c1-2-20-16-18-14-9-5-6-10-15(14)19(16)11-12-7-3-4-8-13(12)17/h3-10H,2,11H2,1H3/p+1. The predicted molar refractivity (Wildman–Crippen MR) is 80.4 cm³/mol. The molecular formula is C16H16FN2S+. The molecule has 3 rings (SSSR count). The third kappa shape index (κ3) is 2.43. The second-order valence-corrected chi connectivity index (χ2v) is 5.81. The number of benzene rings is 2. The van der Waals surface area contributed by atoms with Crippen LogP contribution in [0.1, 0.15) is 12.5 Å². The summed E-state index contributed by atoms with van der Waals surface area (Å²) in [5.74, 6) is 0.821. The number of aromatic amines is 1. The summed E-state index contributed by atoms with van der Waals surface area (Å²) >= 11 is 1.74. The van der Waals surface area contributed by atoms with E-state index >= 15 is 0 Å². The van der Waals surface area contributed by atoms with E-state index in [0.29, 0.717) is 12.1 Å². The lowest BCUT2D eigenvalue weighted by Crippen LogP contribution is -2.36. The fourth-order valence-corrected chi connectivity index (χ4v) is 3.09. The van der Waals surface area contributed by atoms with Crippen LogP contribution in [0, 0.1) is 5.82 Å². The number of nitrogens with zero attached hydrogens (tertiary/aromatic N) is 1. The molecule has 0 aliphatic heterocycles. The summed E-state index contributed by atoms with van der Waals surface area (Å²) in [7, 11) is 0. The SMILES string of the molecule is CCSc1[nH]c2ccccc2[n+]1Cc1ccccc1F. The van der Waals surface area contributed by atoms with E-state index in [-0.39, 0.29) is 5.82 Å². The molecule has 0 atom stereocenters. The normalized spacial score (nSPS) is 11.1. The van der Waals surface area contributed by atoms with Gasteiger partial charge in [0, 0.05) is 11.3 Å². The highest BCUT2D eigenvalue weighted by Crippen LogP contribution is 2.18. The highest BCUT2D eigenvalue weighted by molar-refractivity contribution is 7.99. The Morgan fingerprint density at radius 3 is 2.65 bits per heavy atom. The number of thioether (sulfide) groups is 1. The molecule has 3 aromatic rings. The van der Waals surface area contributed by atoms with Gasteiger partial charge in [0.25, 0.3) is 0 Å². The highest BCUT2D eigenvalue weighted by atomic mass is 32.2. The fourth-order valence-electron chi connectivity index (χ4n) is 2.31. The van der Waals surface area contributed by atoms with E-state index in [0.717, 1.165) is 21.9 Å². The van der Waals surface area contributed by atoms with Gasteiger partial charge in [0.05, 0.1) is 0 Å². The fraction of sp³-hybridized carbons (Fsp3) is 0.188. The number of halogens is 1. The van der Waals surface area contributed by atoms with Gasteiger partial charge < -0.3 is 0 Å². The van der Waals surface area contributed by atoms with Crippen molar-refractivity contribution in [3.8, 4) is 0 Å². The zero-order chi connectivity index (χ0) is 13.9. The van der Waals surface area contributed by atoms with Gasteiger partial charge in [-0.1, -0.05) is 37.3 Å². The zero-order valence-electron chi connectivity index (χ0n) is 11.3. The Bertz CT molecular complexity index is 736. The molecule has 102 valence electrons. The summed E-state index contributed by atoms with van der Waals surface area (Å²) < 4.78 is 16.0. The van der Waals surface area contributed by atoms with Gasteiger partial charge in [0.15, 0.2) is 11.0 Å². The summed E-state index contributed by atoms with van der Waals surface area (Å²) in [6, 6.07) is 15.1. The van der Waals surface area contributed by atoms with Crippen molar-refractivity contribution < 1.29 is 8.96 Å². The van der Waals surface area contributed by atoms with Crippen LogP contribution in [-0.2, 0) is 6.54 Å². The van der Waals surface area contributed by atoms with E-state index in [1.807, 2.05) is 30.3 Å². The molecule has 0 saturated carbocycles. The maximum absolute atomic E-state index is 13.9. The molecule has 0 bridgehead atoms. The maximum Gasteiger partial charge on any atom is 0.317 e. The molecule has 20 heavy (non-hydrogen) atoms. The molecule has 1 heterocycles. The first-order chi connectivity index (χ1) is 9.79. The van der Waals surface area contributed by atoms with Crippen molar-refractivity contribution in [2.75, 3.05) is 5.75 Å². The Balaban J connectivity index is 2.09. The van der Waals surface area contributed by atoms with E-state index in [4.69, 9.17) is 0 Å². The van der Waals surface area contributed by atoms with Crippen LogP contribution < -0.4 is 4.57 Å². The van der Waals surface area contributed by atoms with E-state index in [1.54, 1.807) is 17.8 Å². The molecule has 0 saturated heterocycles. The molecule has 0 amide bonds. The van der Waals surface area contributed by atoms with Crippen molar-refractivity contribution in [1.29, 1.82) is 0 Å². The second-order valence-electron chi connectivity index (χ2n) is 4.56. The summed E-state index contributed by atoms with van der Waals surface area (Å²) in [5.41, 5.74) is 2.90. The first kappa shape index (κ1) is 13.2. The molecule has 0 fully saturated rings. The van der Waals surface area contributed by atoms with Gasteiger partial charge in [-0.25, -0.2) is 13.9 Å². The number of fused-ring (bicyclic) bond motifs is 1. The molecular weight excluding hydrogens is 271 g/mol. The Morgan fingerprint density at radius 2 is 1.85 bits per heavy atom.